The van der Waals surface area contributed by atoms with Crippen LogP contribution in [0.25, 0.3) is 11.0 Å². The van der Waals surface area contributed by atoms with Gasteiger partial charge in [0.25, 0.3) is 0 Å². The molecule has 0 atom stereocenters. The van der Waals surface area contributed by atoms with Gasteiger partial charge in [-0.2, -0.15) is 30.7 Å². The fourth-order valence-electron chi connectivity index (χ4n) is 2.49. The minimum atomic E-state index is -6.46. The summed E-state index contributed by atoms with van der Waals surface area (Å²) >= 11 is -1.03. The number of alkyl halides is 7. The molecule has 0 N–H and O–H groups in total. The summed E-state index contributed by atoms with van der Waals surface area (Å²) in [6.45, 7) is -0.569. The second-order valence-electron chi connectivity index (χ2n) is 5.95. The van der Waals surface area contributed by atoms with Crippen LogP contribution in [0.5, 0.6) is 0 Å². The summed E-state index contributed by atoms with van der Waals surface area (Å²) in [5, 5.41) is -6.37. The van der Waals surface area contributed by atoms with Gasteiger partial charge in [0.2, 0.25) is 0 Å². The highest BCUT2D eigenvalue weighted by Crippen LogP contribution is 2.53. The summed E-state index contributed by atoms with van der Waals surface area (Å²) in [5.74, 6) is -6.85. The van der Waals surface area contributed by atoms with Gasteiger partial charge in [-0.15, -0.1) is 0 Å². The van der Waals surface area contributed by atoms with E-state index in [0.29, 0.717) is 0 Å². The van der Waals surface area contributed by atoms with E-state index in [9.17, 15) is 35.5 Å². The first kappa shape index (κ1) is 21.2. The van der Waals surface area contributed by atoms with E-state index >= 15 is 0 Å². The number of ketones is 1. The van der Waals surface area contributed by atoms with Crippen LogP contribution in [-0.2, 0) is 6.54 Å². The van der Waals surface area contributed by atoms with Crippen molar-refractivity contribution in [3.8, 4) is 0 Å². The Morgan fingerprint density at radius 1 is 0.897 bits per heavy atom. The van der Waals surface area contributed by atoms with Crippen LogP contribution in [0.4, 0.5) is 30.7 Å². The van der Waals surface area contributed by atoms with E-state index in [1.807, 2.05) is 0 Å². The van der Waals surface area contributed by atoms with Gasteiger partial charge in [0, 0.05) is 5.56 Å². The molecule has 0 saturated carbocycles. The maximum atomic E-state index is 13.9. The molecule has 0 bridgehead atoms. The number of benzene rings is 2. The van der Waals surface area contributed by atoms with Crippen molar-refractivity contribution in [3.63, 3.8) is 0 Å². The molecule has 0 unspecified atom stereocenters. The van der Waals surface area contributed by atoms with Crippen LogP contribution < -0.4 is 0 Å². The number of carbonyl (C=O) groups is 1. The van der Waals surface area contributed by atoms with E-state index in [0.717, 1.165) is 4.57 Å². The second-order valence-corrected chi connectivity index (χ2v) is 7.03. The van der Waals surface area contributed by atoms with Crippen molar-refractivity contribution in [2.45, 2.75) is 29.1 Å². The Morgan fingerprint density at radius 3 is 2.10 bits per heavy atom. The molecule has 0 aliphatic carbocycles. The molecule has 0 radical (unpaired) electrons. The van der Waals surface area contributed by atoms with E-state index in [-0.39, 0.29) is 16.6 Å². The number of imidazole rings is 1. The zero-order chi connectivity index (χ0) is 21.4. The van der Waals surface area contributed by atoms with E-state index < -0.39 is 46.6 Å². The van der Waals surface area contributed by atoms with Crippen LogP contribution in [0.1, 0.15) is 10.4 Å². The van der Waals surface area contributed by atoms with Crippen molar-refractivity contribution in [2.75, 3.05) is 0 Å². The molecular weight excluding hydrogens is 425 g/mol. The van der Waals surface area contributed by atoms with Gasteiger partial charge in [0.1, 0.15) is 0 Å². The third-order valence-corrected chi connectivity index (χ3v) is 4.97. The number of carbonyl (C=O) groups excluding carboxylic acids is 1. The third-order valence-electron chi connectivity index (χ3n) is 3.96. The fraction of sp³-hybridized carbons (Fsp3) is 0.222. The Hall–Kier alpha value is -2.56. The number of hydrogen-bond acceptors (Lipinski definition) is 3. The Morgan fingerprint density at radius 2 is 1.48 bits per heavy atom. The predicted molar refractivity (Wildman–Crippen MR) is 92.3 cm³/mol. The first-order chi connectivity index (χ1) is 13.4. The van der Waals surface area contributed by atoms with Gasteiger partial charge >= 0.3 is 17.4 Å². The van der Waals surface area contributed by atoms with Crippen LogP contribution in [-0.4, -0.2) is 32.7 Å². The van der Waals surface area contributed by atoms with Gasteiger partial charge in [-0.05, 0) is 23.9 Å². The number of halogens is 7. The lowest BCUT2D eigenvalue weighted by Crippen LogP contribution is -2.50. The molecule has 0 fully saturated rings. The Bertz CT molecular complexity index is 1030. The Kier molecular flexibility index (Phi) is 5.37. The maximum Gasteiger partial charge on any atom is 0.460 e. The fourth-order valence-corrected chi connectivity index (χ4v) is 3.38. The minimum Gasteiger partial charge on any atom is -0.311 e. The number of thioether (sulfide) groups is 1. The van der Waals surface area contributed by atoms with Gasteiger partial charge in [-0.3, -0.25) is 4.79 Å². The molecule has 0 aliphatic heterocycles. The topological polar surface area (TPSA) is 34.9 Å². The summed E-state index contributed by atoms with van der Waals surface area (Å²) in [6, 6.07) is 13.4. The van der Waals surface area contributed by atoms with Gasteiger partial charge < -0.3 is 4.57 Å². The van der Waals surface area contributed by atoms with E-state index in [4.69, 9.17) is 0 Å². The summed E-state index contributed by atoms with van der Waals surface area (Å²) in [5.41, 5.74) is 0.431. The lowest BCUT2D eigenvalue weighted by molar-refractivity contribution is -0.330. The maximum absolute atomic E-state index is 13.9. The summed E-state index contributed by atoms with van der Waals surface area (Å²) in [7, 11) is 0. The smallest absolute Gasteiger partial charge is 0.311 e. The SMILES string of the molecule is O=C(Cn1c(SC(F)(F)C(F)(F)C(F)(F)F)nc2ccccc21)c1ccccc1. The van der Waals surface area contributed by atoms with Gasteiger partial charge in [-0.25, -0.2) is 4.98 Å². The monoisotopic (exact) mass is 436 g/mol. The largest absolute Gasteiger partial charge is 0.460 e. The quantitative estimate of drug-likeness (QED) is 0.278. The molecule has 1 aromatic heterocycles. The number of fused-ring (bicyclic) bond motifs is 1. The zero-order valence-corrected chi connectivity index (χ0v) is 15.1. The molecular formula is C18H11F7N2OS. The molecule has 11 heteroatoms. The molecule has 154 valence electrons. The zero-order valence-electron chi connectivity index (χ0n) is 14.3. The highest BCUT2D eigenvalue weighted by atomic mass is 32.2. The second kappa shape index (κ2) is 7.36. The molecule has 3 aromatic rings. The molecule has 1 heterocycles. The molecule has 0 spiro atoms. The highest BCUT2D eigenvalue weighted by Gasteiger charge is 2.74. The Balaban J connectivity index is 2.02. The molecule has 0 saturated heterocycles. The molecule has 3 rings (SSSR count). The molecule has 0 aliphatic rings. The average molecular weight is 436 g/mol. The van der Waals surface area contributed by atoms with Gasteiger partial charge in [-0.1, -0.05) is 42.5 Å². The summed E-state index contributed by atoms with van der Waals surface area (Å²) in [4.78, 5) is 16.2. The molecule has 3 nitrogen and oxygen atoms in total. The normalized spacial score (nSPS) is 13.1. The van der Waals surface area contributed by atoms with Crippen LogP contribution in [0.15, 0.2) is 59.8 Å². The number of aromatic nitrogens is 2. The van der Waals surface area contributed by atoms with Crippen LogP contribution in [0, 0.1) is 0 Å². The summed E-state index contributed by atoms with van der Waals surface area (Å²) < 4.78 is 92.7. The van der Waals surface area contributed by atoms with Crippen molar-refractivity contribution in [3.05, 3.63) is 60.2 Å². The lowest BCUT2D eigenvalue weighted by atomic mass is 10.1. The van der Waals surface area contributed by atoms with Crippen molar-refractivity contribution < 1.29 is 35.5 Å². The highest BCUT2D eigenvalue weighted by molar-refractivity contribution is 8.00. The number of hydrogen-bond donors (Lipinski definition) is 0. The molecule has 0 amide bonds. The minimum absolute atomic E-state index is 0.0713. The van der Waals surface area contributed by atoms with E-state index in [2.05, 4.69) is 4.98 Å². The van der Waals surface area contributed by atoms with Crippen LogP contribution >= 0.6 is 11.8 Å². The van der Waals surface area contributed by atoms with E-state index in [1.165, 1.54) is 36.4 Å². The van der Waals surface area contributed by atoms with Crippen molar-refractivity contribution in [1.82, 2.24) is 9.55 Å². The van der Waals surface area contributed by atoms with Crippen LogP contribution in [0.2, 0.25) is 0 Å². The van der Waals surface area contributed by atoms with Crippen LogP contribution in [0.3, 0.4) is 0 Å². The number of rotatable bonds is 6. The average Bonchev–Trinajstić information content (AvgIpc) is 2.98. The molecule has 29 heavy (non-hydrogen) atoms. The van der Waals surface area contributed by atoms with Crippen molar-refractivity contribution in [1.29, 1.82) is 0 Å². The van der Waals surface area contributed by atoms with Gasteiger partial charge in [0.15, 0.2) is 10.9 Å². The summed E-state index contributed by atoms with van der Waals surface area (Å²) in [6.07, 6.45) is -6.46. The standard InChI is InChI=1S/C18H11F7N2OS/c19-16(20,17(21,22)23)18(24,25)29-15-26-12-8-4-5-9-13(12)27(15)10-14(28)11-6-2-1-3-7-11/h1-9H,10H2. The van der Waals surface area contributed by atoms with E-state index in [1.54, 1.807) is 18.2 Å². The molecule has 2 aromatic carbocycles. The number of para-hydroxylation sites is 2. The first-order valence-corrected chi connectivity index (χ1v) is 8.80. The van der Waals surface area contributed by atoms with Crippen molar-refractivity contribution >= 4 is 28.6 Å². The number of Topliss-reactive ketones (excluding diaryl/α,β-unsaturated/α-hetero) is 1. The van der Waals surface area contributed by atoms with Crippen molar-refractivity contribution in [2.24, 2.45) is 0 Å². The Labute approximate surface area is 163 Å². The number of nitrogens with zero attached hydrogens (tertiary/aromatic N) is 2. The lowest BCUT2D eigenvalue weighted by Gasteiger charge is -2.27. The first-order valence-electron chi connectivity index (χ1n) is 7.99. The van der Waals surface area contributed by atoms with Gasteiger partial charge in [0.05, 0.1) is 17.6 Å². The predicted octanol–water partition coefficient (Wildman–Crippen LogP) is 5.80. The third kappa shape index (κ3) is 3.96.